The first-order chi connectivity index (χ1) is 10.6. The van der Waals surface area contributed by atoms with Crippen LogP contribution in [-0.4, -0.2) is 16.7 Å². The number of fused-ring (bicyclic) bond motifs is 1. The van der Waals surface area contributed by atoms with Gasteiger partial charge in [-0.25, -0.2) is 9.37 Å². The second-order valence-electron chi connectivity index (χ2n) is 5.05. The molecular weight excluding hydrogens is 283 g/mol. The van der Waals surface area contributed by atoms with Gasteiger partial charge in [0.15, 0.2) is 11.6 Å². The highest BCUT2D eigenvalue weighted by Crippen LogP contribution is 2.19. The van der Waals surface area contributed by atoms with Gasteiger partial charge < -0.3 is 9.30 Å². The summed E-state index contributed by atoms with van der Waals surface area (Å²) < 4.78 is 20.3. The molecule has 0 saturated carbocycles. The Morgan fingerprint density at radius 1 is 1.23 bits per heavy atom. The summed E-state index contributed by atoms with van der Waals surface area (Å²) in [5.41, 5.74) is 2.42. The van der Waals surface area contributed by atoms with E-state index in [1.165, 1.54) is 13.2 Å². The number of para-hydroxylation sites is 2. The molecule has 0 saturated heterocycles. The van der Waals surface area contributed by atoms with Gasteiger partial charge in [-0.15, -0.1) is 0 Å². The van der Waals surface area contributed by atoms with Crippen LogP contribution in [0.15, 0.2) is 47.3 Å². The van der Waals surface area contributed by atoms with Gasteiger partial charge in [0, 0.05) is 0 Å². The Kier molecular flexibility index (Phi) is 3.63. The van der Waals surface area contributed by atoms with Crippen molar-refractivity contribution in [2.45, 2.75) is 13.5 Å². The zero-order chi connectivity index (χ0) is 15.7. The summed E-state index contributed by atoms with van der Waals surface area (Å²) in [5, 5.41) is 0. The molecule has 112 valence electrons. The third kappa shape index (κ3) is 2.45. The van der Waals surface area contributed by atoms with Crippen LogP contribution in [0.4, 0.5) is 4.39 Å². The van der Waals surface area contributed by atoms with E-state index in [0.717, 1.165) is 11.0 Å². The molecule has 0 amide bonds. The van der Waals surface area contributed by atoms with Gasteiger partial charge in [-0.1, -0.05) is 18.2 Å². The molecule has 0 unspecified atom stereocenters. The molecule has 0 spiro atoms. The first-order valence-electron chi connectivity index (χ1n) is 6.89. The van der Waals surface area contributed by atoms with Crippen molar-refractivity contribution in [3.8, 4) is 5.75 Å². The highest BCUT2D eigenvalue weighted by atomic mass is 19.1. The molecule has 5 heteroatoms. The molecule has 3 rings (SSSR count). The largest absolute Gasteiger partial charge is 0.494 e. The number of hydrogen-bond acceptors (Lipinski definition) is 3. The van der Waals surface area contributed by atoms with E-state index in [2.05, 4.69) is 4.98 Å². The predicted molar refractivity (Wildman–Crippen MR) is 82.8 cm³/mol. The van der Waals surface area contributed by atoms with Crippen LogP contribution in [0, 0.1) is 12.7 Å². The minimum Gasteiger partial charge on any atom is -0.494 e. The van der Waals surface area contributed by atoms with Crippen molar-refractivity contribution >= 4 is 11.0 Å². The lowest BCUT2D eigenvalue weighted by Crippen LogP contribution is -2.24. The normalized spacial score (nSPS) is 10.9. The Bertz CT molecular complexity index is 903. The summed E-state index contributed by atoms with van der Waals surface area (Å²) >= 11 is 0. The Morgan fingerprint density at radius 2 is 2.00 bits per heavy atom. The second kappa shape index (κ2) is 5.60. The Labute approximate surface area is 126 Å². The van der Waals surface area contributed by atoms with Crippen LogP contribution in [0.2, 0.25) is 0 Å². The van der Waals surface area contributed by atoms with Crippen molar-refractivity contribution < 1.29 is 9.13 Å². The maximum atomic E-state index is 13.8. The third-order valence-electron chi connectivity index (χ3n) is 3.57. The van der Waals surface area contributed by atoms with Gasteiger partial charge in [-0.05, 0) is 36.8 Å². The number of methoxy groups -OCH3 is 1. The van der Waals surface area contributed by atoms with Gasteiger partial charge in [0.05, 0.1) is 24.7 Å². The minimum atomic E-state index is -0.442. The molecule has 3 aromatic rings. The zero-order valence-electron chi connectivity index (χ0n) is 12.3. The SMILES string of the molecule is COc1ccc(Cn2c(=O)c(C)nc3ccccc32)cc1F. The van der Waals surface area contributed by atoms with Crippen LogP contribution in [-0.2, 0) is 6.54 Å². The number of benzene rings is 2. The fraction of sp³-hybridized carbons (Fsp3) is 0.176. The summed E-state index contributed by atoms with van der Waals surface area (Å²) in [7, 11) is 1.42. The number of nitrogens with zero attached hydrogens (tertiary/aromatic N) is 2. The Hall–Kier alpha value is -2.69. The predicted octanol–water partition coefficient (Wildman–Crippen LogP) is 2.90. The van der Waals surface area contributed by atoms with E-state index in [9.17, 15) is 9.18 Å². The molecule has 0 aliphatic heterocycles. The minimum absolute atomic E-state index is 0.171. The van der Waals surface area contributed by atoms with E-state index in [-0.39, 0.29) is 17.9 Å². The molecule has 0 aliphatic carbocycles. The second-order valence-corrected chi connectivity index (χ2v) is 5.05. The molecule has 2 aromatic carbocycles. The van der Waals surface area contributed by atoms with Crippen LogP contribution in [0.5, 0.6) is 5.75 Å². The lowest BCUT2D eigenvalue weighted by Gasteiger charge is -2.12. The lowest BCUT2D eigenvalue weighted by molar-refractivity contribution is 0.386. The van der Waals surface area contributed by atoms with E-state index >= 15 is 0 Å². The number of aryl methyl sites for hydroxylation is 1. The summed E-state index contributed by atoms with van der Waals surface area (Å²) in [5.74, 6) is -0.255. The van der Waals surface area contributed by atoms with Crippen LogP contribution in [0.3, 0.4) is 0 Å². The zero-order valence-corrected chi connectivity index (χ0v) is 12.3. The number of ether oxygens (including phenoxy) is 1. The maximum Gasteiger partial charge on any atom is 0.272 e. The summed E-state index contributed by atoms with van der Waals surface area (Å²) in [6.45, 7) is 1.96. The molecule has 22 heavy (non-hydrogen) atoms. The summed E-state index contributed by atoms with van der Waals surface area (Å²) in [4.78, 5) is 16.7. The highest BCUT2D eigenvalue weighted by molar-refractivity contribution is 5.74. The van der Waals surface area contributed by atoms with E-state index in [0.29, 0.717) is 11.3 Å². The Morgan fingerprint density at radius 3 is 2.73 bits per heavy atom. The number of aromatic nitrogens is 2. The van der Waals surface area contributed by atoms with Crippen molar-refractivity contribution in [3.63, 3.8) is 0 Å². The van der Waals surface area contributed by atoms with Gasteiger partial charge in [-0.3, -0.25) is 4.79 Å². The van der Waals surface area contributed by atoms with Gasteiger partial charge in [-0.2, -0.15) is 0 Å². The fourth-order valence-electron chi connectivity index (χ4n) is 2.47. The van der Waals surface area contributed by atoms with Gasteiger partial charge in [0.1, 0.15) is 5.69 Å². The fourth-order valence-corrected chi connectivity index (χ4v) is 2.47. The van der Waals surface area contributed by atoms with Crippen LogP contribution in [0.1, 0.15) is 11.3 Å². The number of rotatable bonds is 3. The molecule has 0 fully saturated rings. The van der Waals surface area contributed by atoms with Crippen molar-refractivity contribution in [2.75, 3.05) is 7.11 Å². The molecular formula is C17H15FN2O2. The van der Waals surface area contributed by atoms with E-state index in [1.807, 2.05) is 24.3 Å². The molecule has 1 aromatic heterocycles. The number of hydrogen-bond donors (Lipinski definition) is 0. The average Bonchev–Trinajstić information content (AvgIpc) is 2.52. The molecule has 0 atom stereocenters. The smallest absolute Gasteiger partial charge is 0.272 e. The Balaban J connectivity index is 2.12. The van der Waals surface area contributed by atoms with Crippen LogP contribution in [0.25, 0.3) is 11.0 Å². The van der Waals surface area contributed by atoms with E-state index in [4.69, 9.17) is 4.74 Å². The quantitative estimate of drug-likeness (QED) is 0.747. The molecule has 4 nitrogen and oxygen atoms in total. The van der Waals surface area contributed by atoms with Crippen molar-refractivity contribution in [3.05, 3.63) is 69.9 Å². The molecule has 0 bridgehead atoms. The molecule has 1 heterocycles. The van der Waals surface area contributed by atoms with Crippen molar-refractivity contribution in [2.24, 2.45) is 0 Å². The molecule has 0 aliphatic rings. The van der Waals surface area contributed by atoms with Gasteiger partial charge in [0.25, 0.3) is 5.56 Å². The molecule has 0 N–H and O–H groups in total. The van der Waals surface area contributed by atoms with Crippen LogP contribution >= 0.6 is 0 Å². The van der Waals surface area contributed by atoms with Crippen molar-refractivity contribution in [1.29, 1.82) is 0 Å². The van der Waals surface area contributed by atoms with E-state index in [1.54, 1.807) is 23.6 Å². The first kappa shape index (κ1) is 14.3. The highest BCUT2D eigenvalue weighted by Gasteiger charge is 2.10. The summed E-state index contributed by atoms with van der Waals surface area (Å²) in [6.07, 6.45) is 0. The topological polar surface area (TPSA) is 44.1 Å². The van der Waals surface area contributed by atoms with Gasteiger partial charge in [0.2, 0.25) is 0 Å². The lowest BCUT2D eigenvalue weighted by atomic mass is 10.2. The van der Waals surface area contributed by atoms with E-state index < -0.39 is 5.82 Å². The van der Waals surface area contributed by atoms with Crippen molar-refractivity contribution in [1.82, 2.24) is 9.55 Å². The first-order valence-corrected chi connectivity index (χ1v) is 6.89. The standard InChI is InChI=1S/C17H15FN2O2/c1-11-17(21)20(15-6-4-3-5-14(15)19-11)10-12-7-8-16(22-2)13(18)9-12/h3-9H,10H2,1-2H3. The molecule has 0 radical (unpaired) electrons. The summed E-state index contributed by atoms with van der Waals surface area (Å²) in [6, 6.07) is 12.1. The monoisotopic (exact) mass is 298 g/mol. The maximum absolute atomic E-state index is 13.8. The van der Waals surface area contributed by atoms with Crippen LogP contribution < -0.4 is 10.3 Å². The average molecular weight is 298 g/mol. The number of halogens is 1. The third-order valence-corrected chi connectivity index (χ3v) is 3.57. The van der Waals surface area contributed by atoms with Gasteiger partial charge >= 0.3 is 0 Å².